The largest absolute Gasteiger partial charge is 0.335 e. The van der Waals surface area contributed by atoms with Crippen molar-refractivity contribution in [1.82, 2.24) is 9.66 Å². The summed E-state index contributed by atoms with van der Waals surface area (Å²) >= 11 is 0. The maximum Gasteiger partial charge on any atom is 0.279 e. The summed E-state index contributed by atoms with van der Waals surface area (Å²) in [5.74, 6) is 5.82. The molecule has 1 aromatic carbocycles. The minimum Gasteiger partial charge on any atom is -0.335 e. The van der Waals surface area contributed by atoms with Gasteiger partial charge in [0, 0.05) is 12.5 Å². The molecule has 0 aliphatic rings. The van der Waals surface area contributed by atoms with E-state index in [0.29, 0.717) is 23.1 Å². The first-order valence-electron chi connectivity index (χ1n) is 6.09. The van der Waals surface area contributed by atoms with E-state index in [1.165, 1.54) is 18.2 Å². The lowest BCUT2D eigenvalue weighted by Gasteiger charge is -2.08. The van der Waals surface area contributed by atoms with Crippen molar-refractivity contribution in [2.24, 2.45) is 0 Å². The van der Waals surface area contributed by atoms with Gasteiger partial charge < -0.3 is 5.84 Å². The van der Waals surface area contributed by atoms with Crippen molar-refractivity contribution < 1.29 is 4.39 Å². The van der Waals surface area contributed by atoms with Crippen LogP contribution < -0.4 is 11.4 Å². The van der Waals surface area contributed by atoms with Crippen LogP contribution in [0.3, 0.4) is 0 Å². The quantitative estimate of drug-likeness (QED) is 0.665. The zero-order valence-corrected chi connectivity index (χ0v) is 10.3. The first kappa shape index (κ1) is 12.5. The first-order chi connectivity index (χ1) is 8.63. The van der Waals surface area contributed by atoms with E-state index in [1.54, 1.807) is 0 Å². The molecule has 18 heavy (non-hydrogen) atoms. The fourth-order valence-corrected chi connectivity index (χ4v) is 1.93. The molecule has 96 valence electrons. The van der Waals surface area contributed by atoms with Gasteiger partial charge in [-0.1, -0.05) is 19.8 Å². The predicted octanol–water partition coefficient (Wildman–Crippen LogP) is 1.98. The smallest absolute Gasteiger partial charge is 0.279 e. The van der Waals surface area contributed by atoms with Gasteiger partial charge in [0.05, 0.1) is 10.9 Å². The lowest BCUT2D eigenvalue weighted by Crippen LogP contribution is -2.31. The van der Waals surface area contributed by atoms with E-state index in [9.17, 15) is 9.18 Å². The van der Waals surface area contributed by atoms with Crippen LogP contribution in [0.15, 0.2) is 23.0 Å². The van der Waals surface area contributed by atoms with E-state index >= 15 is 0 Å². The average molecular weight is 249 g/mol. The van der Waals surface area contributed by atoms with E-state index in [4.69, 9.17) is 5.84 Å². The second-order valence-electron chi connectivity index (χ2n) is 4.32. The average Bonchev–Trinajstić information content (AvgIpc) is 2.35. The molecule has 0 spiro atoms. The second kappa shape index (κ2) is 5.16. The number of nitrogens with two attached hydrogens (primary N) is 1. The molecule has 0 saturated carbocycles. The van der Waals surface area contributed by atoms with Gasteiger partial charge in [-0.2, -0.15) is 0 Å². The highest BCUT2D eigenvalue weighted by molar-refractivity contribution is 5.77. The summed E-state index contributed by atoms with van der Waals surface area (Å²) < 4.78 is 14.2. The molecule has 1 aromatic heterocycles. The van der Waals surface area contributed by atoms with E-state index in [0.717, 1.165) is 23.9 Å². The lowest BCUT2D eigenvalue weighted by atomic mass is 10.2. The summed E-state index contributed by atoms with van der Waals surface area (Å²) in [5.41, 5.74) is 0.0414. The van der Waals surface area contributed by atoms with Gasteiger partial charge in [0.1, 0.15) is 11.6 Å². The number of benzene rings is 1. The molecular formula is C13H16FN3O. The fraction of sp³-hybridized carbons (Fsp3) is 0.385. The molecule has 0 bridgehead atoms. The van der Waals surface area contributed by atoms with E-state index in [-0.39, 0.29) is 5.56 Å². The number of aryl methyl sites for hydroxylation is 1. The zero-order chi connectivity index (χ0) is 13.1. The molecule has 0 amide bonds. The van der Waals surface area contributed by atoms with Gasteiger partial charge in [0.25, 0.3) is 5.56 Å². The molecule has 5 heteroatoms. The maximum absolute atomic E-state index is 13.1. The summed E-state index contributed by atoms with van der Waals surface area (Å²) in [6.45, 7) is 2.10. The van der Waals surface area contributed by atoms with Crippen LogP contribution in [0.2, 0.25) is 0 Å². The Bertz CT molecular complexity index is 621. The van der Waals surface area contributed by atoms with Gasteiger partial charge in [-0.25, -0.2) is 14.1 Å². The second-order valence-corrected chi connectivity index (χ2v) is 4.32. The third-order valence-corrected chi connectivity index (χ3v) is 2.94. The van der Waals surface area contributed by atoms with Crippen LogP contribution in [0.25, 0.3) is 10.9 Å². The van der Waals surface area contributed by atoms with Crippen molar-refractivity contribution in [2.45, 2.75) is 32.6 Å². The Morgan fingerprint density at radius 1 is 1.39 bits per heavy atom. The highest BCUT2D eigenvalue weighted by Crippen LogP contribution is 2.11. The fourth-order valence-electron chi connectivity index (χ4n) is 1.93. The number of fused-ring (bicyclic) bond motifs is 1. The van der Waals surface area contributed by atoms with Gasteiger partial charge in [-0.3, -0.25) is 4.79 Å². The van der Waals surface area contributed by atoms with Crippen LogP contribution in [0.1, 0.15) is 32.0 Å². The van der Waals surface area contributed by atoms with E-state index < -0.39 is 5.82 Å². The molecule has 0 saturated heterocycles. The molecule has 1 heterocycles. The number of rotatable bonds is 4. The molecule has 0 fully saturated rings. The Morgan fingerprint density at radius 3 is 2.89 bits per heavy atom. The third-order valence-electron chi connectivity index (χ3n) is 2.94. The van der Waals surface area contributed by atoms with Gasteiger partial charge in [-0.05, 0) is 18.6 Å². The molecule has 2 rings (SSSR count). The SMILES string of the molecule is CCCCCc1nc2cc(F)ccc2c(=O)n1N. The Kier molecular flexibility index (Phi) is 3.60. The van der Waals surface area contributed by atoms with Crippen LogP contribution >= 0.6 is 0 Å². The van der Waals surface area contributed by atoms with Crippen LogP contribution in [0, 0.1) is 5.82 Å². The van der Waals surface area contributed by atoms with Gasteiger partial charge in [0.15, 0.2) is 0 Å². The highest BCUT2D eigenvalue weighted by Gasteiger charge is 2.09. The van der Waals surface area contributed by atoms with E-state index in [1.807, 2.05) is 0 Å². The topological polar surface area (TPSA) is 60.9 Å². The Morgan fingerprint density at radius 2 is 2.17 bits per heavy atom. The monoisotopic (exact) mass is 249 g/mol. The summed E-state index contributed by atoms with van der Waals surface area (Å²) in [4.78, 5) is 16.2. The standard InChI is InChI=1S/C13H16FN3O/c1-2-3-4-5-12-16-11-8-9(14)6-7-10(11)13(18)17(12)15/h6-8H,2-5,15H2,1H3. The molecular weight excluding hydrogens is 233 g/mol. The molecule has 0 unspecified atom stereocenters. The summed E-state index contributed by atoms with van der Waals surface area (Å²) in [5, 5.41) is 0.346. The zero-order valence-electron chi connectivity index (χ0n) is 10.3. The Labute approximate surface area is 104 Å². The molecule has 2 aromatic rings. The first-order valence-corrected chi connectivity index (χ1v) is 6.09. The highest BCUT2D eigenvalue weighted by atomic mass is 19.1. The minimum atomic E-state index is -0.399. The van der Waals surface area contributed by atoms with Crippen LogP contribution in [-0.4, -0.2) is 9.66 Å². The van der Waals surface area contributed by atoms with Crippen molar-refractivity contribution in [3.05, 3.63) is 40.2 Å². The van der Waals surface area contributed by atoms with Crippen LogP contribution in [0.5, 0.6) is 0 Å². The number of nitrogens with zero attached hydrogens (tertiary/aromatic N) is 2. The predicted molar refractivity (Wildman–Crippen MR) is 69.3 cm³/mol. The summed E-state index contributed by atoms with van der Waals surface area (Å²) in [7, 11) is 0. The van der Waals surface area contributed by atoms with Crippen LogP contribution in [-0.2, 0) is 6.42 Å². The number of nitrogen functional groups attached to an aromatic ring is 1. The number of hydrogen-bond acceptors (Lipinski definition) is 3. The molecule has 0 aliphatic carbocycles. The summed E-state index contributed by atoms with van der Waals surface area (Å²) in [6.07, 6.45) is 3.68. The van der Waals surface area contributed by atoms with Crippen molar-refractivity contribution in [2.75, 3.05) is 5.84 Å². The number of hydrogen-bond donors (Lipinski definition) is 1. The van der Waals surface area contributed by atoms with E-state index in [2.05, 4.69) is 11.9 Å². The molecule has 4 nitrogen and oxygen atoms in total. The molecule has 0 aliphatic heterocycles. The van der Waals surface area contributed by atoms with Gasteiger partial charge in [-0.15, -0.1) is 0 Å². The van der Waals surface area contributed by atoms with Crippen molar-refractivity contribution in [3.63, 3.8) is 0 Å². The minimum absolute atomic E-state index is 0.327. The number of halogens is 1. The van der Waals surface area contributed by atoms with Crippen molar-refractivity contribution >= 4 is 10.9 Å². The summed E-state index contributed by atoms with van der Waals surface area (Å²) in [6, 6.07) is 3.92. The third kappa shape index (κ3) is 2.34. The lowest BCUT2D eigenvalue weighted by molar-refractivity contribution is 0.628. The Hall–Kier alpha value is -1.91. The molecule has 2 N–H and O–H groups in total. The molecule has 0 atom stereocenters. The Balaban J connectivity index is 2.48. The van der Waals surface area contributed by atoms with Crippen LogP contribution in [0.4, 0.5) is 4.39 Å². The number of aromatic nitrogens is 2. The number of unbranched alkanes of at least 4 members (excludes halogenated alkanes) is 2. The van der Waals surface area contributed by atoms with Crippen molar-refractivity contribution in [3.8, 4) is 0 Å². The van der Waals surface area contributed by atoms with Gasteiger partial charge >= 0.3 is 0 Å². The maximum atomic E-state index is 13.1. The normalized spacial score (nSPS) is 11.0. The molecule has 0 radical (unpaired) electrons. The van der Waals surface area contributed by atoms with Gasteiger partial charge in [0.2, 0.25) is 0 Å². The van der Waals surface area contributed by atoms with Crippen molar-refractivity contribution in [1.29, 1.82) is 0 Å².